The van der Waals surface area contributed by atoms with Gasteiger partial charge in [0.05, 0.1) is 0 Å². The van der Waals surface area contributed by atoms with Crippen molar-refractivity contribution in [2.45, 2.75) is 38.6 Å². The minimum atomic E-state index is 0.0921. The Bertz CT molecular complexity index is 464. The molecule has 2 rings (SSSR count). The fourth-order valence-electron chi connectivity index (χ4n) is 1.68. The zero-order valence-electron chi connectivity index (χ0n) is 11.6. The molecule has 0 radical (unpaired) electrons. The maximum absolute atomic E-state index is 11.6. The number of hydrogen-bond donors (Lipinski definition) is 3. The highest BCUT2D eigenvalue weighted by Crippen LogP contribution is 2.26. The summed E-state index contributed by atoms with van der Waals surface area (Å²) in [6.07, 6.45) is 5.22. The lowest BCUT2D eigenvalue weighted by molar-refractivity contribution is -0.120. The molecule has 1 amide bonds. The number of nitrogens with zero attached hydrogens (tertiary/aromatic N) is 2. The van der Waals surface area contributed by atoms with Crippen LogP contribution in [0.15, 0.2) is 10.8 Å². The molecule has 1 fully saturated rings. The Morgan fingerprint density at radius 3 is 2.55 bits per heavy atom. The van der Waals surface area contributed by atoms with Crippen LogP contribution in [0, 0.1) is 0 Å². The van der Waals surface area contributed by atoms with Crippen LogP contribution in [0.2, 0.25) is 0 Å². The van der Waals surface area contributed by atoms with Gasteiger partial charge >= 0.3 is 0 Å². The summed E-state index contributed by atoms with van der Waals surface area (Å²) in [6, 6.07) is 0.415. The quantitative estimate of drug-likeness (QED) is 0.675. The molecule has 1 aliphatic rings. The zero-order chi connectivity index (χ0) is 14.4. The molecule has 0 unspecified atom stereocenters. The summed E-state index contributed by atoms with van der Waals surface area (Å²) in [7, 11) is 0. The normalized spacial score (nSPS) is 13.9. The fourth-order valence-corrected chi connectivity index (χ4v) is 2.17. The van der Waals surface area contributed by atoms with Crippen LogP contribution in [0.3, 0.4) is 0 Å². The minimum Gasteiger partial charge on any atom is -0.369 e. The van der Waals surface area contributed by atoms with Crippen molar-refractivity contribution in [3.8, 4) is 0 Å². The van der Waals surface area contributed by atoms with Crippen molar-refractivity contribution in [3.05, 3.63) is 10.8 Å². The van der Waals surface area contributed by atoms with E-state index in [1.165, 1.54) is 6.33 Å². The maximum Gasteiger partial charge on any atom is 0.221 e. The third-order valence-corrected chi connectivity index (χ3v) is 3.67. The second kappa shape index (κ2) is 7.42. The van der Waals surface area contributed by atoms with Gasteiger partial charge in [-0.2, -0.15) is 0 Å². The van der Waals surface area contributed by atoms with Gasteiger partial charge in [0.1, 0.15) is 22.4 Å². The molecule has 1 heterocycles. The average Bonchev–Trinajstić information content (AvgIpc) is 3.23. The molecule has 0 atom stereocenters. The highest BCUT2D eigenvalue weighted by molar-refractivity contribution is 9.10. The first-order valence-electron chi connectivity index (χ1n) is 6.98. The lowest BCUT2D eigenvalue weighted by Gasteiger charge is -2.11. The topological polar surface area (TPSA) is 78.9 Å². The van der Waals surface area contributed by atoms with Gasteiger partial charge in [-0.1, -0.05) is 6.92 Å². The van der Waals surface area contributed by atoms with E-state index in [4.69, 9.17) is 0 Å². The van der Waals surface area contributed by atoms with Crippen LogP contribution < -0.4 is 16.0 Å². The number of anilines is 2. The summed E-state index contributed by atoms with van der Waals surface area (Å²) in [5.74, 6) is 1.57. The summed E-state index contributed by atoms with van der Waals surface area (Å²) in [5.41, 5.74) is 0. The van der Waals surface area contributed by atoms with E-state index in [1.807, 2.05) is 0 Å². The first-order valence-corrected chi connectivity index (χ1v) is 7.77. The van der Waals surface area contributed by atoms with Crippen LogP contribution in [0.1, 0.15) is 32.6 Å². The Morgan fingerprint density at radius 2 is 1.95 bits per heavy atom. The van der Waals surface area contributed by atoms with Gasteiger partial charge in [-0.05, 0) is 35.2 Å². The molecule has 7 heteroatoms. The monoisotopic (exact) mass is 341 g/mol. The molecule has 3 N–H and O–H groups in total. The van der Waals surface area contributed by atoms with Gasteiger partial charge in [-0.3, -0.25) is 4.79 Å². The van der Waals surface area contributed by atoms with E-state index in [-0.39, 0.29) is 5.91 Å². The SMILES string of the molecule is CCCNc1ncnc(NCCC(=O)NC2CC2)c1Br. The molecule has 1 aliphatic carbocycles. The second-order valence-electron chi connectivity index (χ2n) is 4.83. The number of carbonyl (C=O) groups is 1. The van der Waals surface area contributed by atoms with E-state index in [0.29, 0.717) is 24.8 Å². The van der Waals surface area contributed by atoms with Gasteiger partial charge in [0, 0.05) is 25.6 Å². The lowest BCUT2D eigenvalue weighted by atomic mass is 10.4. The highest BCUT2D eigenvalue weighted by Gasteiger charge is 2.22. The predicted octanol–water partition coefficient (Wildman–Crippen LogP) is 2.14. The van der Waals surface area contributed by atoms with Gasteiger partial charge in [0.15, 0.2) is 0 Å². The van der Waals surface area contributed by atoms with Gasteiger partial charge in [-0.15, -0.1) is 0 Å². The van der Waals surface area contributed by atoms with Crippen molar-refractivity contribution in [2.24, 2.45) is 0 Å². The summed E-state index contributed by atoms with van der Waals surface area (Å²) in [4.78, 5) is 19.9. The average molecular weight is 342 g/mol. The Kier molecular flexibility index (Phi) is 5.58. The molecule has 1 aromatic rings. The standard InChI is InChI=1S/C13H20BrN5O/c1-2-6-15-12-11(14)13(18-8-17-12)16-7-5-10(20)19-9-3-4-9/h8-9H,2-7H2,1H3,(H,19,20)(H2,15,16,17,18). The highest BCUT2D eigenvalue weighted by atomic mass is 79.9. The molecule has 0 aliphatic heterocycles. The summed E-state index contributed by atoms with van der Waals surface area (Å²) in [6.45, 7) is 3.51. The number of aromatic nitrogens is 2. The van der Waals surface area contributed by atoms with Crippen LogP contribution in [-0.2, 0) is 4.79 Å². The molecular weight excluding hydrogens is 322 g/mol. The first-order chi connectivity index (χ1) is 9.70. The largest absolute Gasteiger partial charge is 0.369 e. The van der Waals surface area contributed by atoms with E-state index >= 15 is 0 Å². The molecule has 6 nitrogen and oxygen atoms in total. The maximum atomic E-state index is 11.6. The molecule has 20 heavy (non-hydrogen) atoms. The molecule has 0 bridgehead atoms. The van der Waals surface area contributed by atoms with Crippen LogP contribution in [0.4, 0.5) is 11.6 Å². The number of halogens is 1. The Labute approximate surface area is 127 Å². The molecule has 0 spiro atoms. The van der Waals surface area contributed by atoms with Crippen molar-refractivity contribution in [2.75, 3.05) is 23.7 Å². The van der Waals surface area contributed by atoms with E-state index in [2.05, 4.69) is 48.8 Å². The van der Waals surface area contributed by atoms with Crippen molar-refractivity contribution >= 4 is 33.5 Å². The molecule has 110 valence electrons. The number of amides is 1. The van der Waals surface area contributed by atoms with E-state index < -0.39 is 0 Å². The van der Waals surface area contributed by atoms with Gasteiger partial charge < -0.3 is 16.0 Å². The van der Waals surface area contributed by atoms with Crippen molar-refractivity contribution in [1.29, 1.82) is 0 Å². The lowest BCUT2D eigenvalue weighted by Crippen LogP contribution is -2.27. The van der Waals surface area contributed by atoms with Crippen LogP contribution in [0.25, 0.3) is 0 Å². The third-order valence-electron chi connectivity index (χ3n) is 2.92. The van der Waals surface area contributed by atoms with E-state index in [0.717, 1.165) is 36.1 Å². The number of hydrogen-bond acceptors (Lipinski definition) is 5. The Hall–Kier alpha value is -1.37. The molecule has 1 aromatic heterocycles. The summed E-state index contributed by atoms with van der Waals surface area (Å²) in [5, 5.41) is 9.33. The minimum absolute atomic E-state index is 0.0921. The number of nitrogens with one attached hydrogen (secondary N) is 3. The zero-order valence-corrected chi connectivity index (χ0v) is 13.2. The van der Waals surface area contributed by atoms with Gasteiger partial charge in [0.2, 0.25) is 5.91 Å². The summed E-state index contributed by atoms with van der Waals surface area (Å²) >= 11 is 3.48. The molecule has 0 aromatic carbocycles. The van der Waals surface area contributed by atoms with Gasteiger partial charge in [-0.25, -0.2) is 9.97 Å². The van der Waals surface area contributed by atoms with Crippen LogP contribution >= 0.6 is 15.9 Å². The molecule has 1 saturated carbocycles. The third kappa shape index (κ3) is 4.63. The Balaban J connectivity index is 1.80. The van der Waals surface area contributed by atoms with Crippen LogP contribution in [-0.4, -0.2) is 35.0 Å². The second-order valence-corrected chi connectivity index (χ2v) is 5.62. The van der Waals surface area contributed by atoms with Crippen molar-refractivity contribution < 1.29 is 4.79 Å². The van der Waals surface area contributed by atoms with Crippen molar-refractivity contribution in [3.63, 3.8) is 0 Å². The Morgan fingerprint density at radius 1 is 1.30 bits per heavy atom. The summed E-state index contributed by atoms with van der Waals surface area (Å²) < 4.78 is 0.802. The predicted molar refractivity (Wildman–Crippen MR) is 82.8 cm³/mol. The van der Waals surface area contributed by atoms with Crippen LogP contribution in [0.5, 0.6) is 0 Å². The van der Waals surface area contributed by atoms with Gasteiger partial charge in [0.25, 0.3) is 0 Å². The fraction of sp³-hybridized carbons (Fsp3) is 0.615. The smallest absolute Gasteiger partial charge is 0.221 e. The first kappa shape index (κ1) is 15.0. The van der Waals surface area contributed by atoms with E-state index in [1.54, 1.807) is 0 Å². The molecule has 0 saturated heterocycles. The number of carbonyl (C=O) groups excluding carboxylic acids is 1. The molecular formula is C13H20BrN5O. The van der Waals surface area contributed by atoms with E-state index in [9.17, 15) is 4.79 Å². The number of rotatable bonds is 8. The van der Waals surface area contributed by atoms with Crippen molar-refractivity contribution in [1.82, 2.24) is 15.3 Å².